The van der Waals surface area contributed by atoms with Crippen LogP contribution in [-0.2, 0) is 4.74 Å². The Morgan fingerprint density at radius 1 is 1.29 bits per heavy atom. The Balaban J connectivity index is 1.75. The first-order chi connectivity index (χ1) is 10.2. The highest BCUT2D eigenvalue weighted by Gasteiger charge is 2.40. The Labute approximate surface area is 127 Å². The molecule has 1 aromatic carbocycles. The number of morpholine rings is 1. The van der Waals surface area contributed by atoms with Crippen molar-refractivity contribution >= 4 is 5.69 Å². The highest BCUT2D eigenvalue weighted by molar-refractivity contribution is 5.48. The van der Waals surface area contributed by atoms with Crippen LogP contribution < -0.4 is 4.90 Å². The van der Waals surface area contributed by atoms with E-state index in [2.05, 4.69) is 35.7 Å². The van der Waals surface area contributed by atoms with Crippen molar-refractivity contribution in [2.24, 2.45) is 0 Å². The lowest BCUT2D eigenvalue weighted by atomic mass is 9.82. The third-order valence-corrected chi connectivity index (χ3v) is 4.92. The number of hydrogen-bond acceptors (Lipinski definition) is 3. The van der Waals surface area contributed by atoms with Crippen molar-refractivity contribution in [3.05, 3.63) is 42.5 Å². The van der Waals surface area contributed by atoms with E-state index in [9.17, 15) is 5.11 Å². The fourth-order valence-corrected chi connectivity index (χ4v) is 3.77. The highest BCUT2D eigenvalue weighted by Crippen LogP contribution is 2.45. The van der Waals surface area contributed by atoms with Gasteiger partial charge in [-0.1, -0.05) is 18.2 Å². The molecule has 1 aliphatic heterocycles. The van der Waals surface area contributed by atoms with Gasteiger partial charge < -0.3 is 14.7 Å². The van der Waals surface area contributed by atoms with Gasteiger partial charge in [0.1, 0.15) is 0 Å². The average Bonchev–Trinajstić information content (AvgIpc) is 2.90. The van der Waals surface area contributed by atoms with E-state index in [0.29, 0.717) is 6.42 Å². The van der Waals surface area contributed by atoms with Crippen LogP contribution in [0.5, 0.6) is 0 Å². The molecule has 1 N–H and O–H groups in total. The summed E-state index contributed by atoms with van der Waals surface area (Å²) >= 11 is 0. The summed E-state index contributed by atoms with van der Waals surface area (Å²) in [6.45, 7) is 7.34. The van der Waals surface area contributed by atoms with Gasteiger partial charge in [0.05, 0.1) is 18.8 Å². The van der Waals surface area contributed by atoms with E-state index >= 15 is 0 Å². The summed E-state index contributed by atoms with van der Waals surface area (Å²) in [5, 5.41) is 10.8. The predicted molar refractivity (Wildman–Crippen MR) is 85.8 cm³/mol. The summed E-state index contributed by atoms with van der Waals surface area (Å²) in [5.74, 6) is 0.245. The fourth-order valence-electron chi connectivity index (χ4n) is 3.77. The summed E-state index contributed by atoms with van der Waals surface area (Å²) in [7, 11) is 0. The maximum absolute atomic E-state index is 10.8. The molecule has 0 amide bonds. The summed E-state index contributed by atoms with van der Waals surface area (Å²) in [4.78, 5) is 2.36. The maximum atomic E-state index is 10.8. The molecule has 1 saturated heterocycles. The van der Waals surface area contributed by atoms with Crippen molar-refractivity contribution in [1.82, 2.24) is 0 Å². The molecule has 1 aliphatic carbocycles. The standard InChI is InChI=1S/C18H25NO2/c1-2-9-18(20)10-3-4-17(18)15-5-7-16(8-6-15)19-11-13-21-14-12-19/h2,5-8,17,20H,1,3-4,9-14H2/t17-,18-/m1/s1. The lowest BCUT2D eigenvalue weighted by Crippen LogP contribution is -2.36. The maximum Gasteiger partial charge on any atom is 0.0750 e. The zero-order valence-electron chi connectivity index (χ0n) is 12.6. The van der Waals surface area contributed by atoms with Crippen molar-refractivity contribution < 1.29 is 9.84 Å². The first-order valence-corrected chi connectivity index (χ1v) is 7.99. The van der Waals surface area contributed by atoms with Crippen LogP contribution in [0.3, 0.4) is 0 Å². The van der Waals surface area contributed by atoms with E-state index in [1.165, 1.54) is 11.3 Å². The molecule has 2 atom stereocenters. The molecule has 2 fully saturated rings. The largest absolute Gasteiger partial charge is 0.389 e. The molecule has 0 unspecified atom stereocenters. The summed E-state index contributed by atoms with van der Waals surface area (Å²) < 4.78 is 5.40. The molecule has 1 aromatic rings. The molecule has 21 heavy (non-hydrogen) atoms. The van der Waals surface area contributed by atoms with Gasteiger partial charge in [0, 0.05) is 24.7 Å². The van der Waals surface area contributed by atoms with Crippen LogP contribution in [0.4, 0.5) is 5.69 Å². The SMILES string of the molecule is C=CC[C@@]1(O)CCC[C@@H]1c1ccc(N2CCOCC2)cc1. The lowest BCUT2D eigenvalue weighted by molar-refractivity contribution is 0.0330. The first-order valence-electron chi connectivity index (χ1n) is 7.99. The Hall–Kier alpha value is -1.32. The second kappa shape index (κ2) is 6.20. The van der Waals surface area contributed by atoms with E-state index in [-0.39, 0.29) is 5.92 Å². The van der Waals surface area contributed by atoms with Gasteiger partial charge in [0.15, 0.2) is 0 Å². The lowest BCUT2D eigenvalue weighted by Gasteiger charge is -2.31. The molecule has 0 aromatic heterocycles. The molecule has 2 aliphatic rings. The smallest absolute Gasteiger partial charge is 0.0750 e. The molecule has 3 rings (SSSR count). The normalized spacial score (nSPS) is 29.6. The van der Waals surface area contributed by atoms with Gasteiger partial charge >= 0.3 is 0 Å². The van der Waals surface area contributed by atoms with Crippen LogP contribution >= 0.6 is 0 Å². The van der Waals surface area contributed by atoms with Crippen LogP contribution in [0.25, 0.3) is 0 Å². The zero-order valence-corrected chi connectivity index (χ0v) is 12.6. The number of nitrogens with zero attached hydrogens (tertiary/aromatic N) is 1. The number of hydrogen-bond donors (Lipinski definition) is 1. The molecule has 0 spiro atoms. The highest BCUT2D eigenvalue weighted by atomic mass is 16.5. The number of ether oxygens (including phenoxy) is 1. The van der Waals surface area contributed by atoms with Crippen LogP contribution in [-0.4, -0.2) is 37.0 Å². The van der Waals surface area contributed by atoms with Gasteiger partial charge in [-0.05, 0) is 43.4 Å². The minimum atomic E-state index is -0.595. The quantitative estimate of drug-likeness (QED) is 0.864. The second-order valence-electron chi connectivity index (χ2n) is 6.23. The zero-order chi connectivity index (χ0) is 14.7. The van der Waals surface area contributed by atoms with Crippen LogP contribution in [0.15, 0.2) is 36.9 Å². The minimum Gasteiger partial charge on any atom is -0.389 e. The molecule has 1 heterocycles. The van der Waals surface area contributed by atoms with E-state index < -0.39 is 5.60 Å². The average molecular weight is 287 g/mol. The molecule has 114 valence electrons. The van der Waals surface area contributed by atoms with Crippen molar-refractivity contribution in [2.75, 3.05) is 31.2 Å². The predicted octanol–water partition coefficient (Wildman–Crippen LogP) is 3.10. The Kier molecular flexibility index (Phi) is 4.32. The summed E-state index contributed by atoms with van der Waals surface area (Å²) in [5.41, 5.74) is 1.92. The van der Waals surface area contributed by atoms with Gasteiger partial charge in [-0.25, -0.2) is 0 Å². The van der Waals surface area contributed by atoms with E-state index in [1.54, 1.807) is 0 Å². The van der Waals surface area contributed by atoms with Gasteiger partial charge in [0.2, 0.25) is 0 Å². The Morgan fingerprint density at radius 3 is 2.67 bits per heavy atom. The Bertz CT molecular complexity index is 478. The molecule has 3 heteroatoms. The van der Waals surface area contributed by atoms with E-state index in [1.807, 2.05) is 6.08 Å². The monoisotopic (exact) mass is 287 g/mol. The third kappa shape index (κ3) is 2.99. The summed E-state index contributed by atoms with van der Waals surface area (Å²) in [6.07, 6.45) is 5.58. The van der Waals surface area contributed by atoms with E-state index in [0.717, 1.165) is 45.6 Å². The van der Waals surface area contributed by atoms with Crippen LogP contribution in [0, 0.1) is 0 Å². The molecule has 1 saturated carbocycles. The molecular weight excluding hydrogens is 262 g/mol. The molecule has 0 radical (unpaired) electrons. The van der Waals surface area contributed by atoms with Crippen molar-refractivity contribution in [2.45, 2.75) is 37.2 Å². The topological polar surface area (TPSA) is 32.7 Å². The van der Waals surface area contributed by atoms with E-state index in [4.69, 9.17) is 4.74 Å². The third-order valence-electron chi connectivity index (χ3n) is 4.92. The number of anilines is 1. The van der Waals surface area contributed by atoms with Crippen molar-refractivity contribution in [3.63, 3.8) is 0 Å². The fraction of sp³-hybridized carbons (Fsp3) is 0.556. The van der Waals surface area contributed by atoms with Crippen molar-refractivity contribution in [3.8, 4) is 0 Å². The first kappa shape index (κ1) is 14.6. The van der Waals surface area contributed by atoms with Crippen molar-refractivity contribution in [1.29, 1.82) is 0 Å². The Morgan fingerprint density at radius 2 is 2.00 bits per heavy atom. The molecule has 3 nitrogen and oxygen atoms in total. The van der Waals surface area contributed by atoms with Gasteiger partial charge in [-0.3, -0.25) is 0 Å². The van der Waals surface area contributed by atoms with Crippen LogP contribution in [0.1, 0.15) is 37.2 Å². The van der Waals surface area contributed by atoms with Gasteiger partial charge in [-0.15, -0.1) is 6.58 Å². The number of rotatable bonds is 4. The number of benzene rings is 1. The summed E-state index contributed by atoms with van der Waals surface area (Å²) in [6, 6.07) is 8.75. The number of aliphatic hydroxyl groups is 1. The molecular formula is C18H25NO2. The molecule has 0 bridgehead atoms. The minimum absolute atomic E-state index is 0.245. The second-order valence-corrected chi connectivity index (χ2v) is 6.23. The van der Waals surface area contributed by atoms with Gasteiger partial charge in [0.25, 0.3) is 0 Å². The van der Waals surface area contributed by atoms with Gasteiger partial charge in [-0.2, -0.15) is 0 Å². The van der Waals surface area contributed by atoms with Crippen LogP contribution in [0.2, 0.25) is 0 Å².